The number of furan rings is 2. The second-order valence-electron chi connectivity index (χ2n) is 6.69. The molecule has 2 aliphatic rings. The summed E-state index contributed by atoms with van der Waals surface area (Å²) in [4.78, 5) is 12.6. The summed E-state index contributed by atoms with van der Waals surface area (Å²) in [6.07, 6.45) is 4.07. The average Bonchev–Trinajstić information content (AvgIpc) is 3.42. The van der Waals surface area contributed by atoms with Gasteiger partial charge in [0, 0.05) is 17.9 Å². The molecule has 0 atom stereocenters. The normalized spacial score (nSPS) is 17.9. The molecule has 2 aliphatic carbocycles. The van der Waals surface area contributed by atoms with E-state index in [1.165, 1.54) is 6.07 Å². The van der Waals surface area contributed by atoms with Crippen molar-refractivity contribution in [3.8, 4) is 0 Å². The van der Waals surface area contributed by atoms with Crippen molar-refractivity contribution in [2.24, 2.45) is 0 Å². The molecule has 7 heteroatoms. The fourth-order valence-corrected chi connectivity index (χ4v) is 4.13. The Morgan fingerprint density at radius 1 is 1.08 bits per heavy atom. The second kappa shape index (κ2) is 5.24. The van der Waals surface area contributed by atoms with Crippen LogP contribution in [0.15, 0.2) is 25.9 Å². The van der Waals surface area contributed by atoms with Crippen molar-refractivity contribution >= 4 is 15.9 Å². The minimum atomic E-state index is -3.97. The van der Waals surface area contributed by atoms with Gasteiger partial charge in [-0.3, -0.25) is 4.79 Å². The van der Waals surface area contributed by atoms with Crippen LogP contribution in [0.4, 0.5) is 0 Å². The molecule has 128 valence electrons. The van der Waals surface area contributed by atoms with Gasteiger partial charge in [0.05, 0.1) is 5.56 Å². The highest BCUT2D eigenvalue weighted by atomic mass is 32.2. The van der Waals surface area contributed by atoms with Crippen LogP contribution in [-0.4, -0.2) is 14.3 Å². The molecule has 24 heavy (non-hydrogen) atoms. The summed E-state index contributed by atoms with van der Waals surface area (Å²) in [5.74, 6) is 2.16. The van der Waals surface area contributed by atoms with Crippen LogP contribution in [0.2, 0.25) is 0 Å². The van der Waals surface area contributed by atoms with Gasteiger partial charge in [-0.1, -0.05) is 0 Å². The van der Waals surface area contributed by atoms with Crippen LogP contribution in [0.5, 0.6) is 0 Å². The summed E-state index contributed by atoms with van der Waals surface area (Å²) in [5, 5.41) is 0. The van der Waals surface area contributed by atoms with Crippen LogP contribution in [-0.2, 0) is 10.0 Å². The van der Waals surface area contributed by atoms with Crippen molar-refractivity contribution in [2.75, 3.05) is 0 Å². The first-order chi connectivity index (χ1) is 11.3. The van der Waals surface area contributed by atoms with Crippen molar-refractivity contribution in [3.05, 3.63) is 40.7 Å². The minimum Gasteiger partial charge on any atom is -0.465 e. The molecule has 2 heterocycles. The predicted molar refractivity (Wildman–Crippen MR) is 85.5 cm³/mol. The molecular weight excluding hydrogens is 330 g/mol. The molecule has 0 unspecified atom stereocenters. The lowest BCUT2D eigenvalue weighted by molar-refractivity contribution is 0.0979. The number of sulfonamides is 1. The summed E-state index contributed by atoms with van der Waals surface area (Å²) in [6, 6.07) is 3.13. The molecule has 1 amide bonds. The SMILES string of the molecule is Cc1cc(S(=O)(=O)NC(=O)c2cc(C3CC3)oc2C2CC2)c(C)o1. The zero-order chi connectivity index (χ0) is 17.1. The Kier molecular flexibility index (Phi) is 3.38. The molecule has 2 aromatic rings. The lowest BCUT2D eigenvalue weighted by Gasteiger charge is -2.05. The molecule has 2 aromatic heterocycles. The van der Waals surface area contributed by atoms with E-state index in [4.69, 9.17) is 8.83 Å². The highest BCUT2D eigenvalue weighted by molar-refractivity contribution is 7.90. The molecule has 0 radical (unpaired) electrons. The lowest BCUT2D eigenvalue weighted by Crippen LogP contribution is -2.31. The Hall–Kier alpha value is -2.02. The van der Waals surface area contributed by atoms with Gasteiger partial charge in [0.1, 0.15) is 27.9 Å². The Bertz CT molecular complexity index is 913. The van der Waals surface area contributed by atoms with Crippen molar-refractivity contribution in [2.45, 2.75) is 56.3 Å². The summed E-state index contributed by atoms with van der Waals surface area (Å²) in [7, 11) is -3.97. The Balaban J connectivity index is 1.63. The van der Waals surface area contributed by atoms with E-state index in [1.54, 1.807) is 19.9 Å². The number of nitrogens with one attached hydrogen (secondary N) is 1. The second-order valence-corrected chi connectivity index (χ2v) is 8.34. The molecule has 2 saturated carbocycles. The number of rotatable bonds is 5. The molecule has 0 bridgehead atoms. The van der Waals surface area contributed by atoms with Gasteiger partial charge in [-0.25, -0.2) is 13.1 Å². The van der Waals surface area contributed by atoms with E-state index >= 15 is 0 Å². The largest absolute Gasteiger partial charge is 0.465 e. The van der Waals surface area contributed by atoms with E-state index in [0.717, 1.165) is 31.4 Å². The van der Waals surface area contributed by atoms with E-state index in [1.807, 2.05) is 0 Å². The van der Waals surface area contributed by atoms with Gasteiger partial charge in [0.25, 0.3) is 15.9 Å². The number of hydrogen-bond acceptors (Lipinski definition) is 5. The number of carbonyl (C=O) groups is 1. The Morgan fingerprint density at radius 3 is 2.29 bits per heavy atom. The Morgan fingerprint density at radius 2 is 1.75 bits per heavy atom. The quantitative estimate of drug-likeness (QED) is 0.894. The molecule has 0 spiro atoms. The van der Waals surface area contributed by atoms with Crippen LogP contribution >= 0.6 is 0 Å². The van der Waals surface area contributed by atoms with Gasteiger partial charge in [0.2, 0.25) is 0 Å². The third-order valence-corrected chi connectivity index (χ3v) is 5.90. The van der Waals surface area contributed by atoms with E-state index in [2.05, 4.69) is 4.72 Å². The molecule has 0 aromatic carbocycles. The molecule has 2 fully saturated rings. The molecule has 1 N–H and O–H groups in total. The minimum absolute atomic E-state index is 0.00719. The zero-order valence-corrected chi connectivity index (χ0v) is 14.4. The van der Waals surface area contributed by atoms with Crippen molar-refractivity contribution < 1.29 is 22.0 Å². The lowest BCUT2D eigenvalue weighted by atomic mass is 10.1. The summed E-state index contributed by atoms with van der Waals surface area (Å²) >= 11 is 0. The van der Waals surface area contributed by atoms with E-state index in [-0.39, 0.29) is 16.6 Å². The van der Waals surface area contributed by atoms with Crippen LogP contribution in [0.1, 0.15) is 70.9 Å². The third-order valence-electron chi connectivity index (χ3n) is 4.46. The number of amides is 1. The highest BCUT2D eigenvalue weighted by Crippen LogP contribution is 2.47. The van der Waals surface area contributed by atoms with Gasteiger partial charge in [0.15, 0.2) is 0 Å². The standard InChI is InChI=1S/C17H19NO5S/c1-9-7-15(10(2)22-9)24(20,21)18-17(19)13-8-14(11-3-4-11)23-16(13)12-5-6-12/h7-8,11-12H,3-6H2,1-2H3,(H,18,19). The average molecular weight is 349 g/mol. The molecular formula is C17H19NO5S. The number of hydrogen-bond donors (Lipinski definition) is 1. The maximum Gasteiger partial charge on any atom is 0.268 e. The first-order valence-electron chi connectivity index (χ1n) is 8.13. The first kappa shape index (κ1) is 15.5. The van der Waals surface area contributed by atoms with Crippen LogP contribution < -0.4 is 4.72 Å². The van der Waals surface area contributed by atoms with Crippen molar-refractivity contribution in [1.82, 2.24) is 4.72 Å². The fraction of sp³-hybridized carbons (Fsp3) is 0.471. The van der Waals surface area contributed by atoms with Crippen molar-refractivity contribution in [3.63, 3.8) is 0 Å². The molecule has 6 nitrogen and oxygen atoms in total. The fourth-order valence-electron chi connectivity index (χ4n) is 2.93. The highest BCUT2D eigenvalue weighted by Gasteiger charge is 2.37. The third kappa shape index (κ3) is 2.77. The molecule has 4 rings (SSSR count). The maximum atomic E-state index is 12.6. The first-order valence-corrected chi connectivity index (χ1v) is 9.61. The number of carbonyl (C=O) groups excluding carboxylic acids is 1. The summed E-state index contributed by atoms with van der Waals surface area (Å²) < 4.78 is 38.2. The van der Waals surface area contributed by atoms with E-state index in [0.29, 0.717) is 23.0 Å². The predicted octanol–water partition coefficient (Wildman–Crippen LogP) is 3.36. The van der Waals surface area contributed by atoms with Crippen LogP contribution in [0.3, 0.4) is 0 Å². The van der Waals surface area contributed by atoms with E-state index < -0.39 is 15.9 Å². The summed E-state index contributed by atoms with van der Waals surface area (Å²) in [6.45, 7) is 3.22. The van der Waals surface area contributed by atoms with Gasteiger partial charge in [-0.15, -0.1) is 0 Å². The smallest absolute Gasteiger partial charge is 0.268 e. The van der Waals surface area contributed by atoms with Gasteiger partial charge in [-0.05, 0) is 45.6 Å². The molecule has 0 aliphatic heterocycles. The van der Waals surface area contributed by atoms with Gasteiger partial charge >= 0.3 is 0 Å². The van der Waals surface area contributed by atoms with Crippen LogP contribution in [0.25, 0.3) is 0 Å². The Labute approximate surface area is 140 Å². The summed E-state index contributed by atoms with van der Waals surface area (Å²) in [5.41, 5.74) is 0.348. The molecule has 0 saturated heterocycles. The topological polar surface area (TPSA) is 89.5 Å². The number of aryl methyl sites for hydroxylation is 2. The van der Waals surface area contributed by atoms with Gasteiger partial charge < -0.3 is 8.83 Å². The monoisotopic (exact) mass is 349 g/mol. The zero-order valence-electron chi connectivity index (χ0n) is 13.6. The van der Waals surface area contributed by atoms with E-state index in [9.17, 15) is 13.2 Å². The van der Waals surface area contributed by atoms with Gasteiger partial charge in [-0.2, -0.15) is 0 Å². The maximum absolute atomic E-state index is 12.6. The van der Waals surface area contributed by atoms with Crippen LogP contribution in [0, 0.1) is 13.8 Å². The van der Waals surface area contributed by atoms with Crippen molar-refractivity contribution in [1.29, 1.82) is 0 Å².